The van der Waals surface area contributed by atoms with E-state index in [1.54, 1.807) is 6.07 Å². The molecule has 1 aromatic rings. The normalized spacial score (nSPS) is 11.2. The molecule has 6 heteroatoms. The molecular formula is C11H14Li2N2O2. The summed E-state index contributed by atoms with van der Waals surface area (Å²) in [7, 11) is 1.46. The maximum absolute atomic E-state index is 11.7. The standard InChI is InChI=1S/C11H15N2O2.2Li/c1-11(2,3)13-9(14)8-6-5-7-12-10(8)15-4;;/h5,7H,1-4H3,(H,13,14);;/q-1;2*+1/p-1. The zero-order valence-electron chi connectivity index (χ0n) is 11.4. The third kappa shape index (κ3) is 6.20. The van der Waals surface area contributed by atoms with Crippen LogP contribution in [-0.4, -0.2) is 23.5 Å². The molecule has 0 saturated heterocycles. The molecule has 4 nitrogen and oxygen atoms in total. The van der Waals surface area contributed by atoms with Crippen molar-refractivity contribution in [3.8, 4) is 5.88 Å². The number of methoxy groups -OCH3 is 1. The van der Waals surface area contributed by atoms with E-state index in [0.29, 0.717) is 0 Å². The molecule has 0 radical (unpaired) electrons. The molecule has 0 aliphatic rings. The third-order valence-electron chi connectivity index (χ3n) is 1.55. The molecule has 0 spiro atoms. The predicted octanol–water partition coefficient (Wildman–Crippen LogP) is -5.20. The summed E-state index contributed by atoms with van der Waals surface area (Å²) in [6, 6.07) is 4.34. The molecule has 1 aromatic heterocycles. The monoisotopic (exact) mass is 220 g/mol. The van der Waals surface area contributed by atoms with Gasteiger partial charge in [-0.25, -0.2) is 0 Å². The molecule has 17 heavy (non-hydrogen) atoms. The molecule has 82 valence electrons. The average molecular weight is 220 g/mol. The van der Waals surface area contributed by atoms with Crippen molar-refractivity contribution in [1.82, 2.24) is 4.98 Å². The summed E-state index contributed by atoms with van der Waals surface area (Å²) in [5.41, 5.74) is -0.138. The van der Waals surface area contributed by atoms with E-state index >= 15 is 0 Å². The van der Waals surface area contributed by atoms with Crippen LogP contribution in [-0.2, 0) is 0 Å². The van der Waals surface area contributed by atoms with Crippen molar-refractivity contribution in [3.05, 3.63) is 23.9 Å². The molecule has 0 aliphatic carbocycles. The van der Waals surface area contributed by atoms with Gasteiger partial charge in [0.15, 0.2) is 0 Å². The van der Waals surface area contributed by atoms with Gasteiger partial charge in [-0.1, -0.05) is 11.8 Å². The Balaban J connectivity index is 0. The predicted molar refractivity (Wildman–Crippen MR) is 55.9 cm³/mol. The van der Waals surface area contributed by atoms with Gasteiger partial charge in [-0.2, -0.15) is 0 Å². The largest absolute Gasteiger partial charge is 1.00 e. The first-order valence-electron chi connectivity index (χ1n) is 4.62. The fourth-order valence-corrected chi connectivity index (χ4v) is 1.02. The van der Waals surface area contributed by atoms with Crippen molar-refractivity contribution in [2.45, 2.75) is 26.3 Å². The fourth-order valence-electron chi connectivity index (χ4n) is 1.02. The van der Waals surface area contributed by atoms with E-state index in [0.717, 1.165) is 0 Å². The minimum absolute atomic E-state index is 0. The van der Waals surface area contributed by atoms with Crippen molar-refractivity contribution >= 4 is 5.90 Å². The van der Waals surface area contributed by atoms with Gasteiger partial charge in [0.1, 0.15) is 5.88 Å². The maximum Gasteiger partial charge on any atom is 1.00 e. The Hall–Kier alpha value is -0.385. The Labute approximate surface area is 126 Å². The van der Waals surface area contributed by atoms with Crippen molar-refractivity contribution < 1.29 is 47.6 Å². The smallest absolute Gasteiger partial charge is 0.901 e. The number of pyridine rings is 1. The van der Waals surface area contributed by atoms with E-state index < -0.39 is 5.54 Å². The summed E-state index contributed by atoms with van der Waals surface area (Å²) in [5.74, 6) is -0.0945. The van der Waals surface area contributed by atoms with Gasteiger partial charge in [-0.3, -0.25) is 0 Å². The van der Waals surface area contributed by atoms with E-state index in [-0.39, 0.29) is 55.1 Å². The fraction of sp³-hybridized carbons (Fsp3) is 0.455. The molecule has 0 aliphatic heterocycles. The van der Waals surface area contributed by atoms with Crippen LogP contribution in [0.15, 0.2) is 17.3 Å². The van der Waals surface area contributed by atoms with Crippen LogP contribution in [0.3, 0.4) is 0 Å². The molecule has 0 fully saturated rings. The number of nitrogens with zero attached hydrogens (tertiary/aromatic N) is 2. The second kappa shape index (κ2) is 7.85. The van der Waals surface area contributed by atoms with Gasteiger partial charge >= 0.3 is 37.7 Å². The van der Waals surface area contributed by atoms with E-state index in [1.165, 1.54) is 13.3 Å². The number of aliphatic imine (C=N–C) groups is 1. The SMILES string of the molecule is COc1ncc[c-]c1C([O-])=NC(C)(C)C.[Li+].[Li+]. The number of hydrogen-bond acceptors (Lipinski definition) is 4. The second-order valence-corrected chi connectivity index (χ2v) is 4.06. The number of aromatic nitrogens is 1. The quantitative estimate of drug-likeness (QED) is 0.217. The first-order valence-corrected chi connectivity index (χ1v) is 4.62. The summed E-state index contributed by atoms with van der Waals surface area (Å²) in [4.78, 5) is 7.91. The van der Waals surface area contributed by atoms with Crippen molar-refractivity contribution in [2.75, 3.05) is 7.11 Å². The second-order valence-electron chi connectivity index (χ2n) is 4.06. The number of hydrogen-bond donors (Lipinski definition) is 0. The van der Waals surface area contributed by atoms with Gasteiger partial charge in [0.2, 0.25) is 0 Å². The van der Waals surface area contributed by atoms with Crippen LogP contribution in [0, 0.1) is 6.07 Å². The number of rotatable bonds is 2. The Kier molecular flexibility index (Phi) is 8.76. The van der Waals surface area contributed by atoms with Crippen molar-refractivity contribution in [1.29, 1.82) is 0 Å². The molecule has 0 N–H and O–H groups in total. The molecule has 0 unspecified atom stereocenters. The minimum atomic E-state index is -0.411. The molecular weight excluding hydrogens is 206 g/mol. The first-order chi connectivity index (χ1) is 6.94. The zero-order chi connectivity index (χ0) is 11.5. The average Bonchev–Trinajstić information content (AvgIpc) is 2.15. The van der Waals surface area contributed by atoms with Gasteiger partial charge in [-0.05, 0) is 20.8 Å². The van der Waals surface area contributed by atoms with Gasteiger partial charge in [-0.15, -0.1) is 18.0 Å². The van der Waals surface area contributed by atoms with E-state index in [4.69, 9.17) is 4.74 Å². The summed E-state index contributed by atoms with van der Waals surface area (Å²) < 4.78 is 4.96. The van der Waals surface area contributed by atoms with Gasteiger partial charge in [0.05, 0.1) is 7.11 Å². The molecule has 0 aromatic carbocycles. The van der Waals surface area contributed by atoms with Crippen LogP contribution in [0.5, 0.6) is 5.88 Å². The molecule has 0 bridgehead atoms. The minimum Gasteiger partial charge on any atom is -0.901 e. The molecule has 0 atom stereocenters. The Morgan fingerprint density at radius 1 is 1.41 bits per heavy atom. The van der Waals surface area contributed by atoms with Crippen LogP contribution in [0.2, 0.25) is 0 Å². The van der Waals surface area contributed by atoms with Crippen LogP contribution >= 0.6 is 0 Å². The first kappa shape index (κ1) is 19.0. The van der Waals surface area contributed by atoms with Gasteiger partial charge in [0.25, 0.3) is 0 Å². The Morgan fingerprint density at radius 3 is 2.47 bits per heavy atom. The summed E-state index contributed by atoms with van der Waals surface area (Å²) in [6.07, 6.45) is 1.52. The van der Waals surface area contributed by atoms with Crippen molar-refractivity contribution in [3.63, 3.8) is 0 Å². The molecule has 1 heterocycles. The van der Waals surface area contributed by atoms with Crippen molar-refractivity contribution in [2.24, 2.45) is 4.99 Å². The molecule has 0 saturated carbocycles. The van der Waals surface area contributed by atoms with Gasteiger partial charge in [0, 0.05) is 5.54 Å². The van der Waals surface area contributed by atoms with Crippen LogP contribution in [0.4, 0.5) is 0 Å². The molecule has 0 amide bonds. The van der Waals surface area contributed by atoms with Crippen LogP contribution in [0.25, 0.3) is 0 Å². The zero-order valence-corrected chi connectivity index (χ0v) is 11.4. The maximum atomic E-state index is 11.7. The molecule has 1 rings (SSSR count). The summed E-state index contributed by atoms with van der Waals surface area (Å²) in [5, 5.41) is 11.7. The topological polar surface area (TPSA) is 57.5 Å². The van der Waals surface area contributed by atoms with E-state index in [9.17, 15) is 5.11 Å². The van der Waals surface area contributed by atoms with Crippen LogP contribution < -0.4 is 47.6 Å². The van der Waals surface area contributed by atoms with E-state index in [2.05, 4.69) is 16.0 Å². The van der Waals surface area contributed by atoms with Crippen LogP contribution in [0.1, 0.15) is 26.3 Å². The number of ether oxygens (including phenoxy) is 1. The van der Waals surface area contributed by atoms with Gasteiger partial charge < -0.3 is 19.8 Å². The van der Waals surface area contributed by atoms with E-state index in [1.807, 2.05) is 20.8 Å². The Bertz CT molecular complexity index is 376. The Morgan fingerprint density at radius 2 is 2.00 bits per heavy atom. The summed E-state index contributed by atoms with van der Waals surface area (Å²) in [6.45, 7) is 5.56. The third-order valence-corrected chi connectivity index (χ3v) is 1.55. The summed E-state index contributed by atoms with van der Waals surface area (Å²) >= 11 is 0.